The van der Waals surface area contributed by atoms with E-state index < -0.39 is 4.92 Å². The number of nitro benzene ring substituents is 1. The third-order valence-corrected chi connectivity index (χ3v) is 5.12. The third kappa shape index (κ3) is 3.79. The highest BCUT2D eigenvalue weighted by Crippen LogP contribution is 2.36. The summed E-state index contributed by atoms with van der Waals surface area (Å²) in [7, 11) is 1.43. The van der Waals surface area contributed by atoms with Gasteiger partial charge >= 0.3 is 0 Å². The summed E-state index contributed by atoms with van der Waals surface area (Å²) < 4.78 is 11.5. The molecule has 3 rings (SSSR count). The minimum atomic E-state index is -0.495. The molecule has 27 heavy (non-hydrogen) atoms. The number of carbonyl (C=O) groups excluding carboxylic acids is 1. The second-order valence-electron chi connectivity index (χ2n) is 5.42. The Morgan fingerprint density at radius 3 is 2.85 bits per heavy atom. The fourth-order valence-corrected chi connectivity index (χ4v) is 3.74. The van der Waals surface area contributed by atoms with Crippen molar-refractivity contribution < 1.29 is 18.9 Å². The van der Waals surface area contributed by atoms with E-state index in [1.165, 1.54) is 35.9 Å². The number of nitro groups is 1. The van der Waals surface area contributed by atoms with Gasteiger partial charge in [-0.1, -0.05) is 30.1 Å². The molecule has 0 radical (unpaired) electrons. The molecule has 1 fully saturated rings. The summed E-state index contributed by atoms with van der Waals surface area (Å²) in [4.78, 5) is 24.7. The topological polar surface area (TPSA) is 85.8 Å². The van der Waals surface area contributed by atoms with Crippen LogP contribution in [0.4, 0.5) is 5.69 Å². The summed E-state index contributed by atoms with van der Waals surface area (Å²) in [6, 6.07) is 7.68. The lowest BCUT2D eigenvalue weighted by Crippen LogP contribution is -2.27. The molecule has 7 nitrogen and oxygen atoms in total. The van der Waals surface area contributed by atoms with Crippen LogP contribution in [-0.2, 0) is 4.79 Å². The first-order valence-electron chi connectivity index (χ1n) is 7.73. The van der Waals surface area contributed by atoms with Crippen LogP contribution in [0.2, 0.25) is 0 Å². The highest BCUT2D eigenvalue weighted by Gasteiger charge is 2.31. The summed E-state index contributed by atoms with van der Waals surface area (Å²) in [5.74, 6) is 1.05. The SMILES string of the molecule is C=CCN1C(=O)/C(=C\c2ccc(-c3ccc([N+](=O)[O-])cc3OC)o2)SC1=S. The van der Waals surface area contributed by atoms with Gasteiger partial charge in [-0.2, -0.15) is 0 Å². The zero-order valence-corrected chi connectivity index (χ0v) is 15.8. The molecule has 0 unspecified atom stereocenters. The normalized spacial score (nSPS) is 15.4. The molecule has 1 aliphatic rings. The van der Waals surface area contributed by atoms with Crippen molar-refractivity contribution in [1.82, 2.24) is 4.90 Å². The van der Waals surface area contributed by atoms with Crippen molar-refractivity contribution in [1.29, 1.82) is 0 Å². The van der Waals surface area contributed by atoms with Crippen molar-refractivity contribution in [2.45, 2.75) is 0 Å². The summed E-state index contributed by atoms with van der Waals surface area (Å²) in [5.41, 5.74) is 0.496. The summed E-state index contributed by atoms with van der Waals surface area (Å²) in [6.07, 6.45) is 3.23. The number of benzene rings is 1. The minimum Gasteiger partial charge on any atom is -0.496 e. The van der Waals surface area contributed by atoms with Crippen molar-refractivity contribution in [3.8, 4) is 17.1 Å². The van der Waals surface area contributed by atoms with Gasteiger partial charge in [-0.15, -0.1) is 6.58 Å². The fraction of sp³-hybridized carbons (Fsp3) is 0.111. The van der Waals surface area contributed by atoms with Crippen molar-refractivity contribution >= 4 is 46.0 Å². The van der Waals surface area contributed by atoms with Crippen molar-refractivity contribution in [2.24, 2.45) is 0 Å². The molecule has 2 heterocycles. The monoisotopic (exact) mass is 402 g/mol. The molecule has 1 saturated heterocycles. The first-order valence-corrected chi connectivity index (χ1v) is 8.96. The fourth-order valence-electron chi connectivity index (χ4n) is 2.49. The van der Waals surface area contributed by atoms with Crippen molar-refractivity contribution in [3.05, 3.63) is 63.8 Å². The number of carbonyl (C=O) groups is 1. The molecule has 0 N–H and O–H groups in total. The quantitative estimate of drug-likeness (QED) is 0.235. The van der Waals surface area contributed by atoms with Crippen LogP contribution >= 0.6 is 24.0 Å². The lowest BCUT2D eigenvalue weighted by Gasteiger charge is -2.10. The van der Waals surface area contributed by atoms with Gasteiger partial charge in [0.2, 0.25) is 0 Å². The largest absolute Gasteiger partial charge is 0.496 e. The maximum Gasteiger partial charge on any atom is 0.273 e. The molecule has 138 valence electrons. The van der Waals surface area contributed by atoms with Gasteiger partial charge in [0, 0.05) is 18.7 Å². The van der Waals surface area contributed by atoms with Crippen LogP contribution in [0.25, 0.3) is 17.4 Å². The number of nitrogens with zero attached hydrogens (tertiary/aromatic N) is 2. The molecule has 0 aliphatic carbocycles. The lowest BCUT2D eigenvalue weighted by molar-refractivity contribution is -0.384. The zero-order valence-electron chi connectivity index (χ0n) is 14.2. The Hall–Kier alpha value is -2.91. The highest BCUT2D eigenvalue weighted by atomic mass is 32.2. The Labute approximate surface area is 164 Å². The van der Waals surface area contributed by atoms with E-state index >= 15 is 0 Å². The molecule has 1 aromatic carbocycles. The van der Waals surface area contributed by atoms with Crippen LogP contribution < -0.4 is 4.74 Å². The average molecular weight is 402 g/mol. The van der Waals surface area contributed by atoms with E-state index in [1.54, 1.807) is 30.4 Å². The summed E-state index contributed by atoms with van der Waals surface area (Å²) in [5, 5.41) is 10.9. The highest BCUT2D eigenvalue weighted by molar-refractivity contribution is 8.26. The standard InChI is InChI=1S/C18H14N2O5S2/c1-3-8-19-17(21)16(27-18(19)26)10-12-5-7-14(25-12)13-6-4-11(20(22)23)9-15(13)24-2/h3-7,9-10H,1,8H2,2H3/b16-10+. The van der Waals surface area contributed by atoms with Gasteiger partial charge in [-0.25, -0.2) is 0 Å². The van der Waals surface area contributed by atoms with Gasteiger partial charge in [0.15, 0.2) is 0 Å². The molecular weight excluding hydrogens is 388 g/mol. The predicted octanol–water partition coefficient (Wildman–Crippen LogP) is 4.25. The lowest BCUT2D eigenvalue weighted by atomic mass is 10.1. The van der Waals surface area contributed by atoms with Crippen LogP contribution in [0.1, 0.15) is 5.76 Å². The second-order valence-corrected chi connectivity index (χ2v) is 7.10. The molecule has 1 amide bonds. The minimum absolute atomic E-state index is 0.0757. The van der Waals surface area contributed by atoms with Crippen LogP contribution in [0.15, 0.2) is 52.3 Å². The molecule has 2 aromatic rings. The second kappa shape index (κ2) is 7.77. The van der Waals surface area contributed by atoms with Gasteiger partial charge in [0.25, 0.3) is 11.6 Å². The van der Waals surface area contributed by atoms with Crippen LogP contribution in [0, 0.1) is 10.1 Å². The number of rotatable bonds is 6. The first kappa shape index (κ1) is 18.9. The molecular formula is C18H14N2O5S2. The Bertz CT molecular complexity index is 980. The van der Waals surface area contributed by atoms with E-state index in [1.807, 2.05) is 0 Å². The molecule has 0 spiro atoms. The number of furan rings is 1. The number of ether oxygens (including phenoxy) is 1. The number of thioether (sulfide) groups is 1. The molecule has 9 heteroatoms. The van der Waals surface area contributed by atoms with Crippen LogP contribution in [-0.4, -0.2) is 33.7 Å². The number of hydrogen-bond acceptors (Lipinski definition) is 7. The van der Waals surface area contributed by atoms with Crippen LogP contribution in [0.5, 0.6) is 5.75 Å². The van der Waals surface area contributed by atoms with Crippen molar-refractivity contribution in [2.75, 3.05) is 13.7 Å². The maximum absolute atomic E-state index is 12.4. The number of methoxy groups -OCH3 is 1. The smallest absolute Gasteiger partial charge is 0.273 e. The predicted molar refractivity (Wildman–Crippen MR) is 107 cm³/mol. The molecule has 0 atom stereocenters. The average Bonchev–Trinajstić information content (AvgIpc) is 3.21. The van der Waals surface area contributed by atoms with Gasteiger partial charge in [0.05, 0.1) is 28.6 Å². The molecule has 0 saturated carbocycles. The van der Waals surface area contributed by atoms with Crippen molar-refractivity contribution in [3.63, 3.8) is 0 Å². The Balaban J connectivity index is 1.90. The van der Waals surface area contributed by atoms with Gasteiger partial charge in [0.1, 0.15) is 21.6 Å². The third-order valence-electron chi connectivity index (χ3n) is 3.75. The molecule has 0 bridgehead atoms. The maximum atomic E-state index is 12.4. The Morgan fingerprint density at radius 1 is 1.41 bits per heavy atom. The van der Waals surface area contributed by atoms with E-state index in [4.69, 9.17) is 21.4 Å². The zero-order chi connectivity index (χ0) is 19.6. The first-order chi connectivity index (χ1) is 12.9. The van der Waals surface area contributed by atoms with Gasteiger partial charge < -0.3 is 9.15 Å². The van der Waals surface area contributed by atoms with E-state index in [0.717, 1.165) is 0 Å². The molecule has 1 aliphatic heterocycles. The van der Waals surface area contributed by atoms with E-state index in [-0.39, 0.29) is 11.6 Å². The number of amides is 1. The Kier molecular flexibility index (Phi) is 5.43. The van der Waals surface area contributed by atoms with Gasteiger partial charge in [-0.3, -0.25) is 19.8 Å². The number of non-ortho nitro benzene ring substituents is 1. The molecule has 1 aromatic heterocycles. The van der Waals surface area contributed by atoms with Gasteiger partial charge in [-0.05, 0) is 18.2 Å². The van der Waals surface area contributed by atoms with Crippen LogP contribution in [0.3, 0.4) is 0 Å². The van der Waals surface area contributed by atoms with E-state index in [2.05, 4.69) is 6.58 Å². The van der Waals surface area contributed by atoms with E-state index in [9.17, 15) is 14.9 Å². The number of thiocarbonyl (C=S) groups is 1. The summed E-state index contributed by atoms with van der Waals surface area (Å²) >= 11 is 6.40. The Morgan fingerprint density at radius 2 is 2.19 bits per heavy atom. The van der Waals surface area contributed by atoms with E-state index in [0.29, 0.717) is 38.6 Å². The summed E-state index contributed by atoms with van der Waals surface area (Å²) in [6.45, 7) is 3.97. The number of hydrogen-bond donors (Lipinski definition) is 0.